The molecule has 4 N–H and O–H groups in total. The maximum absolute atomic E-state index is 13.9. The topological polar surface area (TPSA) is 146 Å². The second kappa shape index (κ2) is 7.92. The summed E-state index contributed by atoms with van der Waals surface area (Å²) in [5, 5.41) is 24.9. The quantitative estimate of drug-likeness (QED) is 0.241. The van der Waals surface area contributed by atoms with Crippen LogP contribution in [0, 0.1) is 13.8 Å². The van der Waals surface area contributed by atoms with Crippen molar-refractivity contribution in [2.75, 3.05) is 5.32 Å². The molecule has 0 unspecified atom stereocenters. The van der Waals surface area contributed by atoms with Crippen molar-refractivity contribution in [1.82, 2.24) is 4.98 Å². The van der Waals surface area contributed by atoms with Crippen molar-refractivity contribution in [2.45, 2.75) is 40.0 Å². The average molecular weight is 501 g/mol. The lowest BCUT2D eigenvalue weighted by atomic mass is 9.70. The second-order valence-corrected chi connectivity index (χ2v) is 9.59. The molecule has 9 heteroatoms. The molecule has 0 bridgehead atoms. The number of anilines is 1. The number of hydrogen-bond acceptors (Lipinski definition) is 8. The van der Waals surface area contributed by atoms with E-state index in [1.54, 1.807) is 32.0 Å². The SMILES string of the molecule is CC(=O)c1c(O)c(C)c(O)c2c1OC1=CC(=O)C(=C(C)Nc3ccc4[nH]c(C)cc(=O)c4c3)C(=O)[C@@]12C. The van der Waals surface area contributed by atoms with E-state index in [0.717, 1.165) is 11.8 Å². The Bertz CT molecular complexity index is 1720. The van der Waals surface area contributed by atoms with Gasteiger partial charge in [-0.3, -0.25) is 19.2 Å². The Labute approximate surface area is 211 Å². The van der Waals surface area contributed by atoms with Crippen molar-refractivity contribution in [1.29, 1.82) is 0 Å². The summed E-state index contributed by atoms with van der Waals surface area (Å²) >= 11 is 0. The van der Waals surface area contributed by atoms with Crippen molar-refractivity contribution in [3.8, 4) is 17.2 Å². The number of pyridine rings is 1. The molecule has 1 aliphatic heterocycles. The van der Waals surface area contributed by atoms with E-state index < -0.39 is 28.5 Å². The third-order valence-corrected chi connectivity index (χ3v) is 7.06. The highest BCUT2D eigenvalue weighted by molar-refractivity contribution is 6.31. The summed E-state index contributed by atoms with van der Waals surface area (Å²) in [7, 11) is 0. The highest BCUT2D eigenvalue weighted by Crippen LogP contribution is 2.57. The lowest BCUT2D eigenvalue weighted by molar-refractivity contribution is -0.123. The minimum absolute atomic E-state index is 0.0228. The number of aromatic hydroxyl groups is 2. The summed E-state index contributed by atoms with van der Waals surface area (Å²) in [6, 6.07) is 6.56. The number of aromatic nitrogens is 1. The molecule has 9 nitrogen and oxygen atoms in total. The maximum Gasteiger partial charge on any atom is 0.194 e. The number of carbonyl (C=O) groups is 3. The maximum atomic E-state index is 13.9. The van der Waals surface area contributed by atoms with E-state index in [4.69, 9.17) is 4.74 Å². The third-order valence-electron chi connectivity index (χ3n) is 7.06. The van der Waals surface area contributed by atoms with Crippen LogP contribution < -0.4 is 15.5 Å². The first-order chi connectivity index (χ1) is 17.4. The number of hydrogen-bond donors (Lipinski definition) is 4. The molecule has 0 saturated heterocycles. The molecule has 0 amide bonds. The summed E-state index contributed by atoms with van der Waals surface area (Å²) in [6.45, 7) is 7.51. The summed E-state index contributed by atoms with van der Waals surface area (Å²) in [5.74, 6) is -2.78. The van der Waals surface area contributed by atoms with Crippen LogP contribution in [0.4, 0.5) is 5.69 Å². The predicted octanol–water partition coefficient (Wildman–Crippen LogP) is 3.83. The summed E-state index contributed by atoms with van der Waals surface area (Å²) in [6.07, 6.45) is 1.16. The number of ether oxygens (including phenoxy) is 1. The normalized spacial score (nSPS) is 19.8. The van der Waals surface area contributed by atoms with Gasteiger partial charge in [-0.25, -0.2) is 0 Å². The van der Waals surface area contributed by atoms with Gasteiger partial charge >= 0.3 is 0 Å². The van der Waals surface area contributed by atoms with E-state index in [9.17, 15) is 29.4 Å². The number of rotatable bonds is 3. The van der Waals surface area contributed by atoms with Crippen LogP contribution in [0.15, 0.2) is 52.2 Å². The number of benzene rings is 2. The predicted molar refractivity (Wildman–Crippen MR) is 136 cm³/mol. The van der Waals surface area contributed by atoms with E-state index >= 15 is 0 Å². The van der Waals surface area contributed by atoms with E-state index in [1.807, 2.05) is 0 Å². The number of carbonyl (C=O) groups excluding carboxylic acids is 3. The Morgan fingerprint density at radius 3 is 2.43 bits per heavy atom. The van der Waals surface area contributed by atoms with Gasteiger partial charge in [-0.05, 0) is 52.8 Å². The van der Waals surface area contributed by atoms with Crippen molar-refractivity contribution < 1.29 is 29.3 Å². The van der Waals surface area contributed by atoms with Crippen molar-refractivity contribution in [3.05, 3.63) is 80.0 Å². The Kier molecular flexibility index (Phi) is 5.15. The minimum Gasteiger partial charge on any atom is -0.507 e. The van der Waals surface area contributed by atoms with Crippen LogP contribution in [0.1, 0.15) is 48.0 Å². The molecule has 2 aliphatic rings. The number of phenolic OH excluding ortho intramolecular Hbond substituents is 2. The summed E-state index contributed by atoms with van der Waals surface area (Å²) < 4.78 is 5.78. The first kappa shape index (κ1) is 24.1. The third kappa shape index (κ3) is 3.31. The second-order valence-electron chi connectivity index (χ2n) is 9.59. The summed E-state index contributed by atoms with van der Waals surface area (Å²) in [5.41, 5.74) is 0.0699. The van der Waals surface area contributed by atoms with E-state index in [-0.39, 0.29) is 50.6 Å². The highest BCUT2D eigenvalue weighted by Gasteiger charge is 2.56. The van der Waals surface area contributed by atoms with Gasteiger partial charge in [0, 0.05) is 45.7 Å². The molecule has 2 aromatic carbocycles. The average Bonchev–Trinajstić information content (AvgIpc) is 3.10. The number of nitrogens with one attached hydrogen (secondary N) is 2. The minimum atomic E-state index is -1.60. The number of ketones is 3. The standard InChI is InChI=1S/C28H24N2O7/c1-11-8-18(32)16-9-15(6-7-17(16)29-11)30-13(3)21-19(33)10-20-28(5,27(21)36)23-25(35)12(2)24(34)22(14(4)31)26(23)37-20/h6-10,30,34-35H,1-5H3,(H,29,32)/t28-/m0/s1. The van der Waals surface area contributed by atoms with Crippen LogP contribution in [-0.4, -0.2) is 32.5 Å². The van der Waals surface area contributed by atoms with Gasteiger partial charge in [0.2, 0.25) is 0 Å². The fourth-order valence-corrected chi connectivity index (χ4v) is 5.10. The molecule has 0 fully saturated rings. The zero-order valence-electron chi connectivity index (χ0n) is 20.8. The molecule has 1 atom stereocenters. The molecule has 1 aliphatic carbocycles. The van der Waals surface area contributed by atoms with Gasteiger partial charge in [-0.15, -0.1) is 0 Å². The van der Waals surface area contributed by atoms with Crippen LogP contribution in [0.2, 0.25) is 0 Å². The monoisotopic (exact) mass is 500 g/mol. The molecule has 0 radical (unpaired) electrons. The van der Waals surface area contributed by atoms with Crippen molar-refractivity contribution >= 4 is 33.9 Å². The van der Waals surface area contributed by atoms with Gasteiger partial charge < -0.3 is 25.3 Å². The number of Topliss-reactive ketones (excluding diaryl/α,β-unsaturated/α-hetero) is 2. The number of H-pyrrole nitrogens is 1. The van der Waals surface area contributed by atoms with Gasteiger partial charge in [0.15, 0.2) is 22.8 Å². The first-order valence-corrected chi connectivity index (χ1v) is 11.6. The molecule has 5 rings (SSSR count). The highest BCUT2D eigenvalue weighted by atomic mass is 16.5. The van der Waals surface area contributed by atoms with Crippen LogP contribution in [0.25, 0.3) is 10.9 Å². The number of allylic oxidation sites excluding steroid dienone is 4. The van der Waals surface area contributed by atoms with Crippen molar-refractivity contribution in [2.24, 2.45) is 0 Å². The molecule has 0 spiro atoms. The number of aryl methyl sites for hydroxylation is 1. The van der Waals surface area contributed by atoms with Crippen molar-refractivity contribution in [3.63, 3.8) is 0 Å². The number of fused-ring (bicyclic) bond motifs is 4. The largest absolute Gasteiger partial charge is 0.507 e. The number of aromatic amines is 1. The Morgan fingerprint density at radius 2 is 1.76 bits per heavy atom. The molecule has 0 saturated carbocycles. The van der Waals surface area contributed by atoms with E-state index in [0.29, 0.717) is 16.6 Å². The van der Waals surface area contributed by atoms with Crippen LogP contribution in [0.3, 0.4) is 0 Å². The first-order valence-electron chi connectivity index (χ1n) is 11.6. The van der Waals surface area contributed by atoms with Gasteiger partial charge in [-0.1, -0.05) is 0 Å². The fraction of sp³-hybridized carbons (Fsp3) is 0.214. The Hall–Kier alpha value is -4.66. The lowest BCUT2D eigenvalue weighted by Crippen LogP contribution is -2.40. The van der Waals surface area contributed by atoms with Gasteiger partial charge in [0.25, 0.3) is 0 Å². The zero-order valence-corrected chi connectivity index (χ0v) is 20.8. The molecule has 188 valence electrons. The van der Waals surface area contributed by atoms with E-state index in [2.05, 4.69) is 10.3 Å². The van der Waals surface area contributed by atoms with Gasteiger partial charge in [0.1, 0.15) is 34.0 Å². The number of phenols is 2. The van der Waals surface area contributed by atoms with Gasteiger partial charge in [-0.2, -0.15) is 0 Å². The molecule has 2 heterocycles. The molecular formula is C28H24N2O7. The fourth-order valence-electron chi connectivity index (χ4n) is 5.10. The molecular weight excluding hydrogens is 476 g/mol. The lowest BCUT2D eigenvalue weighted by Gasteiger charge is -2.29. The van der Waals surface area contributed by atoms with Crippen LogP contribution >= 0.6 is 0 Å². The summed E-state index contributed by atoms with van der Waals surface area (Å²) in [4.78, 5) is 54.9. The zero-order chi connectivity index (χ0) is 27.0. The molecule has 1 aromatic heterocycles. The van der Waals surface area contributed by atoms with Crippen LogP contribution in [-0.2, 0) is 15.0 Å². The Balaban J connectivity index is 1.64. The molecule has 37 heavy (non-hydrogen) atoms. The molecule has 3 aromatic rings. The van der Waals surface area contributed by atoms with Crippen LogP contribution in [0.5, 0.6) is 17.2 Å². The smallest absolute Gasteiger partial charge is 0.194 e. The van der Waals surface area contributed by atoms with E-state index in [1.165, 1.54) is 26.8 Å². The van der Waals surface area contributed by atoms with Gasteiger partial charge in [0.05, 0.1) is 11.1 Å². The Morgan fingerprint density at radius 1 is 1.05 bits per heavy atom.